The van der Waals surface area contributed by atoms with Crippen LogP contribution in [0.1, 0.15) is 10.4 Å². The van der Waals surface area contributed by atoms with Gasteiger partial charge in [0.05, 0.1) is 33.9 Å². The van der Waals surface area contributed by atoms with Gasteiger partial charge in [0.2, 0.25) is 0 Å². The first-order valence-corrected chi connectivity index (χ1v) is 6.01. The topological polar surface area (TPSA) is 72.9 Å². The van der Waals surface area contributed by atoms with Crippen LogP contribution in [0, 0.1) is 0 Å². The molecule has 0 atom stereocenters. The van der Waals surface area contributed by atoms with E-state index in [1.165, 1.54) is 19.1 Å². The number of hydrogen-bond donors (Lipinski definition) is 0. The normalized spacial score (nSPS) is 10.2. The van der Waals surface area contributed by atoms with E-state index in [9.17, 15) is 14.4 Å². The third-order valence-corrected chi connectivity index (χ3v) is 2.62. The largest absolute Gasteiger partial charge is 0.468 e. The van der Waals surface area contributed by atoms with Gasteiger partial charge in [0.1, 0.15) is 0 Å². The Hall–Kier alpha value is -2.21. The number of ketones is 1. The van der Waals surface area contributed by atoms with Crippen molar-refractivity contribution in [3.8, 4) is 0 Å². The average molecular weight is 279 g/mol. The summed E-state index contributed by atoms with van der Waals surface area (Å²) in [7, 11) is 2.50. The summed E-state index contributed by atoms with van der Waals surface area (Å²) >= 11 is 0. The first-order chi connectivity index (χ1) is 9.56. The van der Waals surface area contributed by atoms with Crippen molar-refractivity contribution in [2.75, 3.05) is 33.9 Å². The van der Waals surface area contributed by atoms with E-state index in [-0.39, 0.29) is 25.4 Å². The van der Waals surface area contributed by atoms with Crippen molar-refractivity contribution >= 4 is 17.7 Å². The molecule has 6 nitrogen and oxygen atoms in total. The lowest BCUT2D eigenvalue weighted by atomic mass is 10.1. The molecule has 20 heavy (non-hydrogen) atoms. The number of nitrogens with zero attached hydrogens (tertiary/aromatic N) is 1. The van der Waals surface area contributed by atoms with Crippen LogP contribution in [0.2, 0.25) is 0 Å². The number of esters is 2. The maximum Gasteiger partial charge on any atom is 0.319 e. The van der Waals surface area contributed by atoms with Crippen molar-refractivity contribution in [2.24, 2.45) is 0 Å². The number of Topliss-reactive ketones (excluding diaryl/α,β-unsaturated/α-hetero) is 1. The van der Waals surface area contributed by atoms with Gasteiger partial charge in [-0.3, -0.25) is 19.3 Å². The molecule has 1 aromatic carbocycles. The summed E-state index contributed by atoms with van der Waals surface area (Å²) in [6.45, 7) is -0.359. The minimum absolute atomic E-state index is 0.0613. The summed E-state index contributed by atoms with van der Waals surface area (Å²) in [5.74, 6) is -1.22. The smallest absolute Gasteiger partial charge is 0.319 e. The molecule has 0 bridgehead atoms. The van der Waals surface area contributed by atoms with E-state index in [0.717, 1.165) is 0 Å². The second-order valence-electron chi connectivity index (χ2n) is 4.09. The molecule has 0 N–H and O–H groups in total. The molecule has 0 unspecified atom stereocenters. The SMILES string of the molecule is COC(=O)CN(CC(=O)OC)CC(=O)c1ccccc1. The van der Waals surface area contributed by atoms with E-state index in [2.05, 4.69) is 9.47 Å². The van der Waals surface area contributed by atoms with Crippen LogP contribution in [0.15, 0.2) is 30.3 Å². The third-order valence-electron chi connectivity index (χ3n) is 2.62. The second kappa shape index (κ2) is 8.06. The minimum Gasteiger partial charge on any atom is -0.468 e. The van der Waals surface area contributed by atoms with Crippen molar-refractivity contribution in [1.29, 1.82) is 0 Å². The van der Waals surface area contributed by atoms with Crippen LogP contribution in [0.5, 0.6) is 0 Å². The van der Waals surface area contributed by atoms with E-state index in [4.69, 9.17) is 0 Å². The van der Waals surface area contributed by atoms with E-state index in [1.54, 1.807) is 30.3 Å². The van der Waals surface area contributed by atoms with E-state index < -0.39 is 11.9 Å². The first kappa shape index (κ1) is 15.8. The monoisotopic (exact) mass is 279 g/mol. The van der Waals surface area contributed by atoms with Gasteiger partial charge < -0.3 is 9.47 Å². The maximum atomic E-state index is 12.0. The summed E-state index contributed by atoms with van der Waals surface area (Å²) in [6, 6.07) is 8.65. The number of carbonyl (C=O) groups is 3. The second-order valence-corrected chi connectivity index (χ2v) is 4.09. The average Bonchev–Trinajstić information content (AvgIpc) is 2.47. The summed E-state index contributed by atoms with van der Waals surface area (Å²) in [5, 5.41) is 0. The zero-order valence-electron chi connectivity index (χ0n) is 11.5. The zero-order valence-corrected chi connectivity index (χ0v) is 11.5. The number of hydrogen-bond acceptors (Lipinski definition) is 6. The van der Waals surface area contributed by atoms with Gasteiger partial charge in [-0.2, -0.15) is 0 Å². The number of rotatable bonds is 7. The number of benzene rings is 1. The molecule has 1 rings (SSSR count). The summed E-state index contributed by atoms with van der Waals surface area (Å²) in [4.78, 5) is 36.0. The molecule has 6 heteroatoms. The number of methoxy groups -OCH3 is 2. The Morgan fingerprint density at radius 2 is 1.40 bits per heavy atom. The van der Waals surface area contributed by atoms with Gasteiger partial charge >= 0.3 is 11.9 Å². The van der Waals surface area contributed by atoms with Crippen LogP contribution in [-0.4, -0.2) is 56.5 Å². The highest BCUT2D eigenvalue weighted by Crippen LogP contribution is 2.02. The van der Waals surface area contributed by atoms with E-state index >= 15 is 0 Å². The highest BCUT2D eigenvalue weighted by atomic mass is 16.5. The Morgan fingerprint density at radius 1 is 0.900 bits per heavy atom. The van der Waals surface area contributed by atoms with E-state index in [0.29, 0.717) is 5.56 Å². The predicted octanol–water partition coefficient (Wildman–Crippen LogP) is 0.517. The molecule has 0 saturated heterocycles. The molecule has 0 aliphatic carbocycles. The van der Waals surface area contributed by atoms with Crippen molar-refractivity contribution < 1.29 is 23.9 Å². The van der Waals surface area contributed by atoms with Crippen LogP contribution in [0.4, 0.5) is 0 Å². The molecular weight excluding hydrogens is 262 g/mol. The fourth-order valence-electron chi connectivity index (χ4n) is 1.58. The molecule has 0 saturated carbocycles. The summed E-state index contributed by atoms with van der Waals surface area (Å²) < 4.78 is 9.08. The fraction of sp³-hybridized carbons (Fsp3) is 0.357. The van der Waals surface area contributed by atoms with Crippen LogP contribution >= 0.6 is 0 Å². The maximum absolute atomic E-state index is 12.0. The van der Waals surface area contributed by atoms with Crippen molar-refractivity contribution in [3.05, 3.63) is 35.9 Å². The van der Waals surface area contributed by atoms with Crippen LogP contribution in [-0.2, 0) is 19.1 Å². The number of ether oxygens (including phenoxy) is 2. The molecule has 0 aliphatic rings. The lowest BCUT2D eigenvalue weighted by Crippen LogP contribution is -2.39. The van der Waals surface area contributed by atoms with E-state index in [1.807, 2.05) is 0 Å². The highest BCUT2D eigenvalue weighted by molar-refractivity contribution is 5.98. The van der Waals surface area contributed by atoms with Gasteiger partial charge in [0.25, 0.3) is 0 Å². The van der Waals surface area contributed by atoms with Crippen molar-refractivity contribution in [2.45, 2.75) is 0 Å². The van der Waals surface area contributed by atoms with Crippen LogP contribution in [0.3, 0.4) is 0 Å². The molecule has 108 valence electrons. The molecule has 0 aliphatic heterocycles. The van der Waals surface area contributed by atoms with Gasteiger partial charge in [-0.05, 0) is 0 Å². The molecule has 0 spiro atoms. The lowest BCUT2D eigenvalue weighted by molar-refractivity contribution is -0.145. The van der Waals surface area contributed by atoms with Gasteiger partial charge in [0, 0.05) is 5.56 Å². The minimum atomic E-state index is -0.519. The summed E-state index contributed by atoms with van der Waals surface area (Å²) in [5.41, 5.74) is 0.521. The molecule has 0 aromatic heterocycles. The molecule has 0 radical (unpaired) electrons. The van der Waals surface area contributed by atoms with Gasteiger partial charge in [-0.1, -0.05) is 30.3 Å². The van der Waals surface area contributed by atoms with Gasteiger partial charge in [-0.25, -0.2) is 0 Å². The fourth-order valence-corrected chi connectivity index (χ4v) is 1.58. The van der Waals surface area contributed by atoms with Crippen LogP contribution in [0.25, 0.3) is 0 Å². The zero-order chi connectivity index (χ0) is 15.0. The third kappa shape index (κ3) is 5.19. The Labute approximate surface area is 117 Å². The summed E-state index contributed by atoms with van der Waals surface area (Å²) in [6.07, 6.45) is 0. The first-order valence-electron chi connectivity index (χ1n) is 6.01. The van der Waals surface area contributed by atoms with Crippen molar-refractivity contribution in [1.82, 2.24) is 4.90 Å². The Bertz CT molecular complexity index is 454. The molecule has 0 fully saturated rings. The molecule has 0 amide bonds. The van der Waals surface area contributed by atoms with Crippen molar-refractivity contribution in [3.63, 3.8) is 0 Å². The van der Waals surface area contributed by atoms with Gasteiger partial charge in [-0.15, -0.1) is 0 Å². The molecular formula is C14H17NO5. The predicted molar refractivity (Wildman–Crippen MR) is 71.2 cm³/mol. The van der Waals surface area contributed by atoms with Gasteiger partial charge in [0.15, 0.2) is 5.78 Å². The lowest BCUT2D eigenvalue weighted by Gasteiger charge is -2.18. The highest BCUT2D eigenvalue weighted by Gasteiger charge is 2.19. The molecule has 1 aromatic rings. The molecule has 0 heterocycles. The Kier molecular flexibility index (Phi) is 6.39. The number of carbonyl (C=O) groups excluding carboxylic acids is 3. The Morgan fingerprint density at radius 3 is 1.85 bits per heavy atom. The quantitative estimate of drug-likeness (QED) is 0.535. The standard InChI is InChI=1S/C14H17NO5/c1-19-13(17)9-15(10-14(18)20-2)8-12(16)11-6-4-3-5-7-11/h3-7H,8-10H2,1-2H3. The van der Waals surface area contributed by atoms with Crippen LogP contribution < -0.4 is 0 Å². The Balaban J connectivity index is 2.70.